The fourth-order valence-corrected chi connectivity index (χ4v) is 2.74. The van der Waals surface area contributed by atoms with Gasteiger partial charge in [-0.05, 0) is 36.4 Å². The Morgan fingerprint density at radius 3 is 1.78 bits per heavy atom. The van der Waals surface area contributed by atoms with Gasteiger partial charge >= 0.3 is 0 Å². The summed E-state index contributed by atoms with van der Waals surface area (Å²) in [5, 5.41) is 38.9. The van der Waals surface area contributed by atoms with Gasteiger partial charge in [0.05, 0.1) is 29.5 Å². The van der Waals surface area contributed by atoms with Crippen LogP contribution in [0.1, 0.15) is 0 Å². The predicted octanol–water partition coefficient (Wildman–Crippen LogP) is 2.76. The third-order valence-electron chi connectivity index (χ3n) is 4.10. The molecule has 4 aromatic rings. The molecule has 8 heteroatoms. The van der Waals surface area contributed by atoms with Gasteiger partial charge in [0, 0.05) is 11.1 Å². The molecule has 2 heterocycles. The summed E-state index contributed by atoms with van der Waals surface area (Å²) in [5.41, 5.74) is 8.91. The molecule has 134 valence electrons. The Hall–Kier alpha value is -4.07. The largest absolute Gasteiger partial charge is 0.504 e. The van der Waals surface area contributed by atoms with Crippen LogP contribution in [0, 0.1) is 0 Å². The van der Waals surface area contributed by atoms with Crippen molar-refractivity contribution < 1.29 is 20.4 Å². The van der Waals surface area contributed by atoms with Crippen molar-refractivity contribution in [2.45, 2.75) is 0 Å². The van der Waals surface area contributed by atoms with Gasteiger partial charge in [-0.3, -0.25) is 4.98 Å². The van der Waals surface area contributed by atoms with Crippen LogP contribution in [0.4, 0.5) is 5.69 Å². The number of anilines is 1. The van der Waals surface area contributed by atoms with Crippen LogP contribution in [0.15, 0.2) is 48.8 Å². The molecule has 0 saturated heterocycles. The molecule has 0 aliphatic rings. The second-order valence-corrected chi connectivity index (χ2v) is 5.92. The van der Waals surface area contributed by atoms with E-state index in [1.807, 2.05) is 0 Å². The zero-order valence-electron chi connectivity index (χ0n) is 13.8. The van der Waals surface area contributed by atoms with Crippen LogP contribution >= 0.6 is 0 Å². The van der Waals surface area contributed by atoms with E-state index in [-0.39, 0.29) is 23.0 Å². The molecule has 27 heavy (non-hydrogen) atoms. The fraction of sp³-hybridized carbons (Fsp3) is 0. The average molecular weight is 362 g/mol. The number of hydrogen-bond acceptors (Lipinski definition) is 8. The molecule has 0 aliphatic heterocycles. The zero-order chi connectivity index (χ0) is 19.1. The lowest BCUT2D eigenvalue weighted by Gasteiger charge is -2.12. The lowest BCUT2D eigenvalue weighted by molar-refractivity contribution is 0.404. The molecule has 4 rings (SSSR count). The smallest absolute Gasteiger partial charge is 0.158 e. The van der Waals surface area contributed by atoms with Crippen molar-refractivity contribution in [1.82, 2.24) is 15.0 Å². The predicted molar refractivity (Wildman–Crippen MR) is 99.3 cm³/mol. The van der Waals surface area contributed by atoms with Gasteiger partial charge in [-0.25, -0.2) is 9.97 Å². The first-order valence-electron chi connectivity index (χ1n) is 7.90. The molecule has 0 aliphatic carbocycles. The second kappa shape index (κ2) is 6.03. The average Bonchev–Trinajstić information content (AvgIpc) is 2.66. The Balaban J connectivity index is 2.05. The van der Waals surface area contributed by atoms with E-state index in [1.54, 1.807) is 12.1 Å². The van der Waals surface area contributed by atoms with E-state index in [0.29, 0.717) is 39.2 Å². The summed E-state index contributed by atoms with van der Waals surface area (Å²) in [7, 11) is 0. The van der Waals surface area contributed by atoms with Gasteiger partial charge in [-0.15, -0.1) is 0 Å². The summed E-state index contributed by atoms with van der Waals surface area (Å²) in [6.45, 7) is 0. The molecule has 0 amide bonds. The highest BCUT2D eigenvalue weighted by molar-refractivity contribution is 5.91. The van der Waals surface area contributed by atoms with E-state index in [1.165, 1.54) is 36.7 Å². The summed E-state index contributed by atoms with van der Waals surface area (Å²) in [6.07, 6.45) is 2.97. The molecule has 0 saturated carbocycles. The molecule has 0 radical (unpaired) electrons. The summed E-state index contributed by atoms with van der Waals surface area (Å²) in [4.78, 5) is 13.2. The minimum absolute atomic E-state index is 0.262. The quantitative estimate of drug-likeness (QED) is 0.342. The number of aromatic nitrogens is 3. The monoisotopic (exact) mass is 362 g/mol. The van der Waals surface area contributed by atoms with Crippen LogP contribution in [0.5, 0.6) is 23.0 Å². The maximum Gasteiger partial charge on any atom is 0.158 e. The molecular weight excluding hydrogens is 348 g/mol. The third kappa shape index (κ3) is 2.78. The number of rotatable bonds is 2. The van der Waals surface area contributed by atoms with Gasteiger partial charge in [0.15, 0.2) is 23.0 Å². The minimum Gasteiger partial charge on any atom is -0.504 e. The van der Waals surface area contributed by atoms with Crippen LogP contribution in [0.25, 0.3) is 33.5 Å². The number of nitrogens with zero attached hydrogens (tertiary/aromatic N) is 3. The molecule has 6 N–H and O–H groups in total. The van der Waals surface area contributed by atoms with Crippen LogP contribution in [-0.4, -0.2) is 35.4 Å². The first-order chi connectivity index (χ1) is 12.9. The topological polar surface area (TPSA) is 146 Å². The van der Waals surface area contributed by atoms with E-state index in [2.05, 4.69) is 15.0 Å². The number of hydrogen-bond donors (Lipinski definition) is 5. The maximum absolute atomic E-state index is 9.87. The van der Waals surface area contributed by atoms with Crippen molar-refractivity contribution in [2.75, 3.05) is 5.73 Å². The van der Waals surface area contributed by atoms with E-state index in [0.717, 1.165) is 0 Å². The third-order valence-corrected chi connectivity index (χ3v) is 4.10. The Labute approximate surface area is 152 Å². The highest BCUT2D eigenvalue weighted by atomic mass is 16.3. The number of nitrogens with two attached hydrogens (primary N) is 1. The van der Waals surface area contributed by atoms with Crippen molar-refractivity contribution in [3.05, 3.63) is 48.8 Å². The molecule has 0 unspecified atom stereocenters. The van der Waals surface area contributed by atoms with Crippen molar-refractivity contribution in [3.8, 4) is 45.5 Å². The number of nitrogen functional groups attached to an aromatic ring is 1. The van der Waals surface area contributed by atoms with Crippen LogP contribution in [-0.2, 0) is 0 Å². The Morgan fingerprint density at radius 1 is 0.667 bits per heavy atom. The first-order valence-corrected chi connectivity index (χ1v) is 7.90. The maximum atomic E-state index is 9.87. The number of aromatic hydroxyl groups is 4. The Morgan fingerprint density at radius 2 is 1.22 bits per heavy atom. The molecule has 8 nitrogen and oxygen atoms in total. The molecule has 0 spiro atoms. The van der Waals surface area contributed by atoms with E-state index in [4.69, 9.17) is 5.73 Å². The highest BCUT2D eigenvalue weighted by Crippen LogP contribution is 2.38. The van der Waals surface area contributed by atoms with E-state index >= 15 is 0 Å². The first kappa shape index (κ1) is 16.4. The molecular formula is C19H14N4O4. The van der Waals surface area contributed by atoms with Gasteiger partial charge in [0.2, 0.25) is 0 Å². The van der Waals surface area contributed by atoms with Crippen molar-refractivity contribution >= 4 is 16.7 Å². The number of fused-ring (bicyclic) bond motifs is 1. The Bertz CT molecular complexity index is 1190. The van der Waals surface area contributed by atoms with Crippen molar-refractivity contribution in [3.63, 3.8) is 0 Å². The van der Waals surface area contributed by atoms with Crippen molar-refractivity contribution in [1.29, 1.82) is 0 Å². The lowest BCUT2D eigenvalue weighted by Crippen LogP contribution is -1.99. The van der Waals surface area contributed by atoms with Gasteiger partial charge in [-0.1, -0.05) is 0 Å². The van der Waals surface area contributed by atoms with Crippen LogP contribution < -0.4 is 5.73 Å². The normalized spacial score (nSPS) is 11.0. The fourth-order valence-electron chi connectivity index (χ4n) is 2.74. The SMILES string of the molecule is Nc1cncc2nc(-c3ccc(O)c(O)c3)c(-c3ccc(O)c(O)c3)nc12. The summed E-state index contributed by atoms with van der Waals surface area (Å²) < 4.78 is 0. The zero-order valence-corrected chi connectivity index (χ0v) is 13.8. The molecule has 0 fully saturated rings. The van der Waals surface area contributed by atoms with E-state index < -0.39 is 0 Å². The van der Waals surface area contributed by atoms with Crippen LogP contribution in [0.2, 0.25) is 0 Å². The van der Waals surface area contributed by atoms with Gasteiger partial charge in [0.1, 0.15) is 11.0 Å². The lowest BCUT2D eigenvalue weighted by atomic mass is 10.0. The second-order valence-electron chi connectivity index (χ2n) is 5.92. The van der Waals surface area contributed by atoms with Crippen molar-refractivity contribution in [2.24, 2.45) is 0 Å². The summed E-state index contributed by atoms with van der Waals surface area (Å²) >= 11 is 0. The van der Waals surface area contributed by atoms with Gasteiger partial charge in [0.25, 0.3) is 0 Å². The van der Waals surface area contributed by atoms with Gasteiger partial charge in [-0.2, -0.15) is 0 Å². The molecule has 2 aromatic carbocycles. The molecule has 0 bridgehead atoms. The van der Waals surface area contributed by atoms with E-state index in [9.17, 15) is 20.4 Å². The Kier molecular flexibility index (Phi) is 3.66. The number of pyridine rings is 1. The number of phenols is 4. The molecule has 0 atom stereocenters. The number of phenolic OH excluding ortho intramolecular Hbond substituents is 4. The minimum atomic E-state index is -0.309. The highest BCUT2D eigenvalue weighted by Gasteiger charge is 2.17. The van der Waals surface area contributed by atoms with Crippen LogP contribution in [0.3, 0.4) is 0 Å². The number of benzene rings is 2. The van der Waals surface area contributed by atoms with Gasteiger partial charge < -0.3 is 26.2 Å². The standard InChI is InChI=1S/C19H14N4O4/c20-11-7-21-8-12-19(11)23-18(10-2-4-14(25)16(27)6-10)17(22-12)9-1-3-13(24)15(26)5-9/h1-8,24-27H,20H2. The summed E-state index contributed by atoms with van der Waals surface area (Å²) in [6, 6.07) is 8.54. The summed E-state index contributed by atoms with van der Waals surface area (Å²) in [5.74, 6) is -1.14. The molecule has 2 aromatic heterocycles.